The number of benzene rings is 1. The fourth-order valence-corrected chi connectivity index (χ4v) is 9.01. The number of pyridine rings is 1. The van der Waals surface area contributed by atoms with E-state index in [0.717, 1.165) is 6.42 Å². The first-order valence-corrected chi connectivity index (χ1v) is 19.8. The number of sulfonamides is 1. The lowest BCUT2D eigenvalue weighted by atomic mass is 9.77. The second kappa shape index (κ2) is 15.1. The summed E-state index contributed by atoms with van der Waals surface area (Å²) < 4.78 is 65.6. The molecule has 3 saturated heterocycles. The molecule has 1 aromatic heterocycles. The lowest BCUT2D eigenvalue weighted by Crippen LogP contribution is -2.55. The molecule has 6 rings (SSSR count). The van der Waals surface area contributed by atoms with Crippen LogP contribution in [0.25, 0.3) is 0 Å². The van der Waals surface area contributed by atoms with E-state index in [2.05, 4.69) is 10.3 Å². The number of anilines is 2. The van der Waals surface area contributed by atoms with E-state index < -0.39 is 27.5 Å². The van der Waals surface area contributed by atoms with Crippen molar-refractivity contribution in [2.75, 3.05) is 62.2 Å². The first-order valence-electron chi connectivity index (χ1n) is 18.0. The Morgan fingerprint density at radius 2 is 1.63 bits per heavy atom. The smallest absolute Gasteiger partial charge is 0.410 e. The molecule has 2 aromatic rings. The predicted molar refractivity (Wildman–Crippen MR) is 192 cm³/mol. The van der Waals surface area contributed by atoms with Crippen LogP contribution >= 0.6 is 11.6 Å². The van der Waals surface area contributed by atoms with Crippen LogP contribution < -0.4 is 15.1 Å². The van der Waals surface area contributed by atoms with Crippen molar-refractivity contribution in [3.8, 4) is 0 Å². The number of hydrogen-bond acceptors (Lipinski definition) is 8. The van der Waals surface area contributed by atoms with Crippen LogP contribution in [0.2, 0.25) is 5.15 Å². The van der Waals surface area contributed by atoms with Crippen LogP contribution in [0.5, 0.6) is 0 Å². The number of hydrogen-bond donors (Lipinski definition) is 1. The number of nitrogens with zero attached hydrogens (tertiary/aromatic N) is 5. The molecule has 4 aliphatic rings. The fraction of sp³-hybridized carbons (Fsp3) is 0.611. The van der Waals surface area contributed by atoms with Gasteiger partial charge in [-0.3, -0.25) is 9.59 Å². The van der Waals surface area contributed by atoms with Gasteiger partial charge in [-0.15, -0.1) is 0 Å². The number of likely N-dealkylation sites (tertiary alicyclic amines) is 1. The predicted octanol–water partition coefficient (Wildman–Crippen LogP) is 5.25. The molecule has 1 saturated carbocycles. The number of carbonyl (C=O) groups is 3. The molecule has 0 bridgehead atoms. The minimum Gasteiger partial charge on any atom is -0.444 e. The largest absolute Gasteiger partial charge is 0.444 e. The number of piperazine rings is 1. The van der Waals surface area contributed by atoms with Gasteiger partial charge < -0.3 is 24.8 Å². The SMILES string of the molecule is CC(C)(C)OC(=O)N1CC(CNC(=O)C2CCC(C(F)(F)c3cc(Cl)nc(N4CCN(S(=O)(=O)c5ccc(N6CCCC6=O)cc5)CC4)c3)CC2)C1. The van der Waals surface area contributed by atoms with Gasteiger partial charge in [0.2, 0.25) is 21.8 Å². The van der Waals surface area contributed by atoms with Crippen molar-refractivity contribution in [1.29, 1.82) is 0 Å². The summed E-state index contributed by atoms with van der Waals surface area (Å²) in [5, 5.41) is 2.87. The van der Waals surface area contributed by atoms with Gasteiger partial charge in [-0.05, 0) is 89.3 Å². The van der Waals surface area contributed by atoms with E-state index in [1.165, 1.54) is 28.6 Å². The second-order valence-electron chi connectivity index (χ2n) is 15.2. The zero-order valence-corrected chi connectivity index (χ0v) is 31.4. The molecule has 284 valence electrons. The summed E-state index contributed by atoms with van der Waals surface area (Å²) >= 11 is 6.28. The lowest BCUT2D eigenvalue weighted by Gasteiger charge is -2.40. The molecular weight excluding hydrogens is 718 g/mol. The van der Waals surface area contributed by atoms with Crippen molar-refractivity contribution >= 4 is 51.0 Å². The standard InChI is InChI=1S/C36H47ClF2N6O6S/c1-35(2,3)51-34(48)43-22-24(23-43)21-40-33(47)25-6-8-26(9-7-25)36(38,39)27-19-30(37)41-31(20-27)42-15-17-44(18-16-42)52(49,50)29-12-10-28(11-13-29)45-14-4-5-32(45)46/h10-13,19-20,24-26H,4-9,14-18,21-23H2,1-3H3,(H,40,47). The molecule has 3 aliphatic heterocycles. The van der Waals surface area contributed by atoms with Crippen molar-refractivity contribution in [3.63, 3.8) is 0 Å². The Balaban J connectivity index is 0.991. The number of carbonyl (C=O) groups excluding carboxylic acids is 3. The number of rotatable bonds is 9. The average Bonchev–Trinajstić information content (AvgIpc) is 3.52. The Kier molecular flexibility index (Phi) is 11.1. The topological polar surface area (TPSA) is 132 Å². The molecular formula is C36H47ClF2N6O6S. The van der Waals surface area contributed by atoms with Gasteiger partial charge in [0.15, 0.2) is 0 Å². The fourth-order valence-electron chi connectivity index (χ4n) is 7.38. The van der Waals surface area contributed by atoms with E-state index in [9.17, 15) is 22.8 Å². The van der Waals surface area contributed by atoms with Crippen molar-refractivity contribution in [2.45, 2.75) is 75.7 Å². The first-order chi connectivity index (χ1) is 24.5. The van der Waals surface area contributed by atoms with Crippen molar-refractivity contribution in [3.05, 3.63) is 47.1 Å². The van der Waals surface area contributed by atoms with Gasteiger partial charge in [0.25, 0.3) is 5.92 Å². The first kappa shape index (κ1) is 38.2. The molecule has 4 fully saturated rings. The molecule has 52 heavy (non-hydrogen) atoms. The summed E-state index contributed by atoms with van der Waals surface area (Å²) in [4.78, 5) is 46.5. The monoisotopic (exact) mass is 764 g/mol. The van der Waals surface area contributed by atoms with Gasteiger partial charge in [-0.25, -0.2) is 27.0 Å². The van der Waals surface area contributed by atoms with Crippen molar-refractivity contribution in [2.24, 2.45) is 17.8 Å². The van der Waals surface area contributed by atoms with Crippen LogP contribution in [-0.4, -0.2) is 98.5 Å². The number of ether oxygens (including phenoxy) is 1. The Morgan fingerprint density at radius 3 is 2.23 bits per heavy atom. The van der Waals surface area contributed by atoms with Crippen molar-refractivity contribution < 1.29 is 36.3 Å². The van der Waals surface area contributed by atoms with Crippen LogP contribution in [-0.2, 0) is 30.3 Å². The molecule has 1 aliphatic carbocycles. The molecule has 12 nitrogen and oxygen atoms in total. The highest BCUT2D eigenvalue weighted by atomic mass is 35.5. The maximum absolute atomic E-state index is 16.0. The minimum atomic E-state index is -3.81. The van der Waals surface area contributed by atoms with Crippen LogP contribution in [0.15, 0.2) is 41.3 Å². The zero-order valence-electron chi connectivity index (χ0n) is 29.8. The average molecular weight is 765 g/mol. The van der Waals surface area contributed by atoms with Crippen LogP contribution in [0, 0.1) is 17.8 Å². The third-order valence-corrected chi connectivity index (χ3v) is 12.5. The number of halogens is 3. The number of aromatic nitrogens is 1. The molecule has 4 heterocycles. The summed E-state index contributed by atoms with van der Waals surface area (Å²) in [6, 6.07) is 8.82. The van der Waals surface area contributed by atoms with Crippen LogP contribution in [0.1, 0.15) is 64.9 Å². The van der Waals surface area contributed by atoms with Gasteiger partial charge in [-0.2, -0.15) is 4.31 Å². The zero-order chi connectivity index (χ0) is 37.4. The highest BCUT2D eigenvalue weighted by molar-refractivity contribution is 7.89. The summed E-state index contributed by atoms with van der Waals surface area (Å²) in [6.07, 6.45) is 1.89. The van der Waals surface area contributed by atoms with Gasteiger partial charge in [0.1, 0.15) is 16.6 Å². The Morgan fingerprint density at radius 1 is 0.981 bits per heavy atom. The van der Waals surface area contributed by atoms with Gasteiger partial charge >= 0.3 is 6.09 Å². The molecule has 16 heteroatoms. The van der Waals surface area contributed by atoms with Gasteiger partial charge in [0, 0.05) is 87.8 Å². The van der Waals surface area contributed by atoms with E-state index in [1.807, 2.05) is 0 Å². The highest BCUT2D eigenvalue weighted by Crippen LogP contribution is 2.46. The van der Waals surface area contributed by atoms with E-state index >= 15 is 8.78 Å². The molecule has 3 amide bonds. The number of alkyl halides is 2. The maximum Gasteiger partial charge on any atom is 0.410 e. The molecule has 0 radical (unpaired) electrons. The molecule has 1 aromatic carbocycles. The van der Waals surface area contributed by atoms with E-state index in [1.54, 1.807) is 47.6 Å². The number of nitrogens with one attached hydrogen (secondary N) is 1. The second-order valence-corrected chi connectivity index (χ2v) is 17.6. The molecule has 0 spiro atoms. The minimum absolute atomic E-state index is 0.0196. The maximum atomic E-state index is 16.0. The van der Waals surface area contributed by atoms with Crippen LogP contribution in [0.4, 0.5) is 25.1 Å². The van der Waals surface area contributed by atoms with E-state index in [-0.39, 0.29) is 90.2 Å². The third kappa shape index (κ3) is 8.46. The summed E-state index contributed by atoms with van der Waals surface area (Å²) in [5.41, 5.74) is -0.157. The molecule has 0 atom stereocenters. The summed E-state index contributed by atoms with van der Waals surface area (Å²) in [6.45, 7) is 8.17. The van der Waals surface area contributed by atoms with Gasteiger partial charge in [0.05, 0.1) is 4.90 Å². The van der Waals surface area contributed by atoms with E-state index in [4.69, 9.17) is 16.3 Å². The Bertz CT molecular complexity index is 1750. The Hall–Kier alpha value is -3.56. The molecule has 0 unspecified atom stereocenters. The number of amides is 3. The highest BCUT2D eigenvalue weighted by Gasteiger charge is 2.45. The summed E-state index contributed by atoms with van der Waals surface area (Å²) in [7, 11) is -3.81. The quantitative estimate of drug-likeness (QED) is 0.343. The third-order valence-electron chi connectivity index (χ3n) is 10.4. The normalized spacial score (nSPS) is 22.3. The molecule has 1 N–H and O–H groups in total. The Labute approximate surface area is 308 Å². The van der Waals surface area contributed by atoms with E-state index in [0.29, 0.717) is 51.1 Å². The lowest BCUT2D eigenvalue weighted by molar-refractivity contribution is -0.129. The summed E-state index contributed by atoms with van der Waals surface area (Å²) in [5.74, 6) is -4.29. The van der Waals surface area contributed by atoms with Crippen LogP contribution in [0.3, 0.4) is 0 Å². The van der Waals surface area contributed by atoms with Crippen molar-refractivity contribution in [1.82, 2.24) is 19.5 Å². The van der Waals surface area contributed by atoms with Gasteiger partial charge in [-0.1, -0.05) is 11.6 Å².